The molecule has 0 N–H and O–H groups in total. The first-order valence-corrected chi connectivity index (χ1v) is 8.41. The lowest BCUT2D eigenvalue weighted by Gasteiger charge is -2.53. The van der Waals surface area contributed by atoms with Crippen LogP contribution in [-0.2, 0) is 14.6 Å². The summed E-state index contributed by atoms with van der Waals surface area (Å²) >= 11 is 0. The van der Waals surface area contributed by atoms with Gasteiger partial charge in [0.2, 0.25) is 0 Å². The van der Waals surface area contributed by atoms with E-state index in [1.54, 1.807) is 0 Å². The van der Waals surface area contributed by atoms with E-state index in [2.05, 4.69) is 0 Å². The molecule has 1 saturated heterocycles. The Bertz CT molecular complexity index is 694. The fourth-order valence-corrected chi connectivity index (χ4v) is 5.64. The number of benzene rings is 1. The fraction of sp³-hybridized carbons (Fsp3) is 0.533. The maximum Gasteiger partial charge on any atom is 0.200 e. The third kappa shape index (κ3) is 2.07. The smallest absolute Gasteiger partial charge is 0.200 e. The van der Waals surface area contributed by atoms with Crippen LogP contribution in [-0.4, -0.2) is 26.4 Å². The predicted octanol–water partition coefficient (Wildman–Crippen LogP) is 2.45. The van der Waals surface area contributed by atoms with Crippen LogP contribution in [0.4, 0.5) is 4.39 Å². The summed E-state index contributed by atoms with van der Waals surface area (Å²) in [7, 11) is -4.00. The first kappa shape index (κ1) is 14.5. The van der Waals surface area contributed by atoms with E-state index >= 15 is 0 Å². The second-order valence-corrected chi connectivity index (χ2v) is 8.23. The quantitative estimate of drug-likeness (QED) is 0.841. The summed E-state index contributed by atoms with van der Waals surface area (Å²) in [5.74, 6) is -0.792. The number of nitriles is 1. The Morgan fingerprint density at radius 3 is 2.38 bits per heavy atom. The molecule has 1 saturated carbocycles. The lowest BCUT2D eigenvalue weighted by atomic mass is 9.58. The van der Waals surface area contributed by atoms with Gasteiger partial charge in [-0.3, -0.25) is 0 Å². The summed E-state index contributed by atoms with van der Waals surface area (Å²) in [6.07, 6.45) is 2.08. The molecule has 0 unspecified atom stereocenters. The number of halogens is 1. The van der Waals surface area contributed by atoms with Crippen molar-refractivity contribution in [1.82, 2.24) is 0 Å². The Balaban J connectivity index is 1.95. The molecule has 1 spiro atoms. The summed E-state index contributed by atoms with van der Waals surface area (Å²) in [5, 5.41) is 9.46. The second-order valence-electron chi connectivity index (χ2n) is 6.01. The largest absolute Gasteiger partial charge is 0.381 e. The fourth-order valence-electron chi connectivity index (χ4n) is 3.52. The van der Waals surface area contributed by atoms with E-state index in [0.717, 1.165) is 18.9 Å². The number of hydrogen-bond acceptors (Lipinski definition) is 4. The molecule has 2 aliphatic rings. The lowest BCUT2D eigenvalue weighted by Crippen LogP contribution is -2.57. The van der Waals surface area contributed by atoms with E-state index < -0.39 is 20.4 Å². The molecule has 112 valence electrons. The summed E-state index contributed by atoms with van der Waals surface area (Å²) in [4.78, 5) is -0.367. The zero-order valence-electron chi connectivity index (χ0n) is 11.5. The van der Waals surface area contributed by atoms with Crippen LogP contribution in [0.1, 0.15) is 25.7 Å². The molecule has 4 nitrogen and oxygen atoms in total. The van der Waals surface area contributed by atoms with Gasteiger partial charge in [-0.25, -0.2) is 12.8 Å². The van der Waals surface area contributed by atoms with Gasteiger partial charge in [0.15, 0.2) is 14.6 Å². The van der Waals surface area contributed by atoms with Crippen LogP contribution in [0.15, 0.2) is 29.2 Å². The van der Waals surface area contributed by atoms with Crippen LogP contribution in [0.3, 0.4) is 0 Å². The molecule has 1 heterocycles. The second kappa shape index (κ2) is 4.79. The van der Waals surface area contributed by atoms with Crippen molar-refractivity contribution in [3.63, 3.8) is 0 Å². The van der Waals surface area contributed by atoms with Crippen LogP contribution >= 0.6 is 0 Å². The Hall–Kier alpha value is -1.45. The van der Waals surface area contributed by atoms with Crippen molar-refractivity contribution in [3.8, 4) is 6.07 Å². The Morgan fingerprint density at radius 2 is 1.81 bits per heavy atom. The average molecular weight is 309 g/mol. The molecule has 21 heavy (non-hydrogen) atoms. The molecule has 0 amide bonds. The minimum absolute atomic E-state index is 0.133. The monoisotopic (exact) mass is 309 g/mol. The highest BCUT2D eigenvalue weighted by molar-refractivity contribution is 7.93. The predicted molar refractivity (Wildman–Crippen MR) is 73.6 cm³/mol. The van der Waals surface area contributed by atoms with Gasteiger partial charge in [-0.15, -0.1) is 0 Å². The maximum atomic E-state index is 13.8. The molecule has 1 aliphatic heterocycles. The molecule has 1 aliphatic carbocycles. The van der Waals surface area contributed by atoms with Gasteiger partial charge in [-0.1, -0.05) is 12.1 Å². The molecule has 0 aromatic heterocycles. The number of nitrogens with zero attached hydrogens (tertiary/aromatic N) is 1. The lowest BCUT2D eigenvalue weighted by molar-refractivity contribution is -0.0383. The SMILES string of the molecule is N#CC1(S(=O)(=O)c2ccccc2F)CC2(CCOCC2)C1. The first-order valence-electron chi connectivity index (χ1n) is 6.93. The van der Waals surface area contributed by atoms with Crippen LogP contribution < -0.4 is 0 Å². The zero-order chi connectivity index (χ0) is 15.1. The van der Waals surface area contributed by atoms with Gasteiger partial charge in [0.25, 0.3) is 0 Å². The van der Waals surface area contributed by atoms with Gasteiger partial charge < -0.3 is 4.74 Å². The van der Waals surface area contributed by atoms with Gasteiger partial charge in [0.05, 0.1) is 6.07 Å². The Labute approximate surface area is 123 Å². The van der Waals surface area contributed by atoms with E-state index in [4.69, 9.17) is 4.74 Å². The molecule has 0 bridgehead atoms. The van der Waals surface area contributed by atoms with Gasteiger partial charge in [0.1, 0.15) is 10.7 Å². The van der Waals surface area contributed by atoms with Gasteiger partial charge in [-0.05, 0) is 43.2 Å². The molecule has 0 atom stereocenters. The maximum absolute atomic E-state index is 13.8. The summed E-state index contributed by atoms with van der Waals surface area (Å²) in [5.41, 5.74) is -0.133. The number of sulfone groups is 1. The van der Waals surface area contributed by atoms with Crippen molar-refractivity contribution >= 4 is 9.84 Å². The summed E-state index contributed by atoms with van der Waals surface area (Å²) in [6.45, 7) is 1.20. The summed E-state index contributed by atoms with van der Waals surface area (Å²) < 4.78 is 43.1. The third-order valence-corrected chi connectivity index (χ3v) is 7.04. The van der Waals surface area contributed by atoms with Crippen molar-refractivity contribution in [3.05, 3.63) is 30.1 Å². The normalized spacial score (nSPS) is 23.2. The highest BCUT2D eigenvalue weighted by Gasteiger charge is 2.62. The molecular formula is C15H16FNO3S. The van der Waals surface area contributed by atoms with E-state index in [9.17, 15) is 18.1 Å². The van der Waals surface area contributed by atoms with Gasteiger partial charge >= 0.3 is 0 Å². The van der Waals surface area contributed by atoms with Crippen molar-refractivity contribution in [2.75, 3.05) is 13.2 Å². The van der Waals surface area contributed by atoms with E-state index in [1.807, 2.05) is 6.07 Å². The third-order valence-electron chi connectivity index (χ3n) is 4.72. The van der Waals surface area contributed by atoms with Crippen molar-refractivity contribution in [2.45, 2.75) is 35.3 Å². The van der Waals surface area contributed by atoms with Crippen LogP contribution in [0.25, 0.3) is 0 Å². The molecule has 2 fully saturated rings. The van der Waals surface area contributed by atoms with Crippen molar-refractivity contribution in [1.29, 1.82) is 5.26 Å². The molecule has 0 radical (unpaired) electrons. The number of hydrogen-bond donors (Lipinski definition) is 0. The van der Waals surface area contributed by atoms with Crippen LogP contribution in [0.2, 0.25) is 0 Å². The molecule has 1 aromatic carbocycles. The topological polar surface area (TPSA) is 67.2 Å². The van der Waals surface area contributed by atoms with Gasteiger partial charge in [0, 0.05) is 13.2 Å². The number of ether oxygens (including phenoxy) is 1. The highest BCUT2D eigenvalue weighted by atomic mass is 32.2. The number of rotatable bonds is 2. The van der Waals surface area contributed by atoms with E-state index in [1.165, 1.54) is 18.2 Å². The highest BCUT2D eigenvalue weighted by Crippen LogP contribution is 2.58. The van der Waals surface area contributed by atoms with E-state index in [-0.39, 0.29) is 23.2 Å². The van der Waals surface area contributed by atoms with E-state index in [0.29, 0.717) is 13.2 Å². The molecule has 1 aromatic rings. The van der Waals surface area contributed by atoms with Gasteiger partial charge in [-0.2, -0.15) is 5.26 Å². The average Bonchev–Trinajstić information content (AvgIpc) is 2.45. The van der Waals surface area contributed by atoms with Crippen molar-refractivity contribution < 1.29 is 17.5 Å². The summed E-state index contributed by atoms with van der Waals surface area (Å²) in [6, 6.07) is 7.22. The van der Waals surface area contributed by atoms with Crippen LogP contribution in [0, 0.1) is 22.6 Å². The Morgan fingerprint density at radius 1 is 1.19 bits per heavy atom. The molecule has 6 heteroatoms. The minimum Gasteiger partial charge on any atom is -0.381 e. The molecular weight excluding hydrogens is 293 g/mol. The van der Waals surface area contributed by atoms with Crippen molar-refractivity contribution in [2.24, 2.45) is 5.41 Å². The standard InChI is InChI=1S/C15H16FNO3S/c16-12-3-1-2-4-13(12)21(18,19)15(11-17)9-14(10-15)5-7-20-8-6-14/h1-4H,5-10H2. The minimum atomic E-state index is -4.00. The zero-order valence-corrected chi connectivity index (χ0v) is 12.3. The van der Waals surface area contributed by atoms with Crippen LogP contribution in [0.5, 0.6) is 0 Å². The Kier molecular flexibility index (Phi) is 3.30. The first-order chi connectivity index (χ1) is 9.95. The molecule has 3 rings (SSSR count).